The lowest BCUT2D eigenvalue weighted by atomic mass is 10.2. The molecular formula is C10H20N2O2S. The highest BCUT2D eigenvalue weighted by atomic mass is 32.1. The first kappa shape index (κ1) is 12.7. The van der Waals surface area contributed by atoms with Gasteiger partial charge >= 0.3 is 0 Å². The van der Waals surface area contributed by atoms with Gasteiger partial charge in [-0.1, -0.05) is 0 Å². The zero-order valence-corrected chi connectivity index (χ0v) is 10.2. The van der Waals surface area contributed by atoms with Crippen molar-refractivity contribution in [3.63, 3.8) is 0 Å². The van der Waals surface area contributed by atoms with E-state index in [2.05, 4.69) is 17.6 Å². The molecule has 5 heteroatoms. The van der Waals surface area contributed by atoms with E-state index in [0.29, 0.717) is 11.2 Å². The van der Waals surface area contributed by atoms with Crippen LogP contribution in [0.15, 0.2) is 0 Å². The summed E-state index contributed by atoms with van der Waals surface area (Å²) in [5, 5.41) is 7.13. The Morgan fingerprint density at radius 3 is 3.00 bits per heavy atom. The molecule has 88 valence electrons. The van der Waals surface area contributed by atoms with Crippen LogP contribution in [0.4, 0.5) is 0 Å². The molecule has 0 bridgehead atoms. The molecule has 0 aromatic carbocycles. The second kappa shape index (κ2) is 6.98. The number of thiocarbonyl (C=S) groups is 1. The Morgan fingerprint density at radius 1 is 1.60 bits per heavy atom. The van der Waals surface area contributed by atoms with Crippen LogP contribution >= 0.6 is 12.2 Å². The van der Waals surface area contributed by atoms with Crippen molar-refractivity contribution < 1.29 is 9.47 Å². The van der Waals surface area contributed by atoms with E-state index in [-0.39, 0.29) is 6.10 Å². The average molecular weight is 232 g/mol. The summed E-state index contributed by atoms with van der Waals surface area (Å²) in [6.45, 7) is 4.50. The molecule has 15 heavy (non-hydrogen) atoms. The van der Waals surface area contributed by atoms with Gasteiger partial charge in [0.2, 0.25) is 0 Å². The highest BCUT2D eigenvalue weighted by Gasteiger charge is 2.24. The van der Waals surface area contributed by atoms with Crippen LogP contribution in [0.5, 0.6) is 0 Å². The zero-order valence-electron chi connectivity index (χ0n) is 9.41. The predicted octanol–water partition coefficient (Wildman–Crippen LogP) is 0.664. The molecule has 2 N–H and O–H groups in total. The predicted molar refractivity (Wildman–Crippen MR) is 64.0 cm³/mol. The summed E-state index contributed by atoms with van der Waals surface area (Å²) in [4.78, 5) is 0. The second-order valence-corrected chi connectivity index (χ2v) is 4.13. The van der Waals surface area contributed by atoms with Crippen LogP contribution in [0.3, 0.4) is 0 Å². The fourth-order valence-electron chi connectivity index (χ4n) is 1.56. The maximum atomic E-state index is 5.44. The summed E-state index contributed by atoms with van der Waals surface area (Å²) in [6, 6.07) is 0.354. The zero-order chi connectivity index (χ0) is 11.1. The van der Waals surface area contributed by atoms with Crippen LogP contribution < -0.4 is 10.6 Å². The van der Waals surface area contributed by atoms with Crippen LogP contribution in [0, 0.1) is 0 Å². The van der Waals surface area contributed by atoms with Gasteiger partial charge in [-0.2, -0.15) is 0 Å². The van der Waals surface area contributed by atoms with Crippen molar-refractivity contribution >= 4 is 17.3 Å². The van der Waals surface area contributed by atoms with Gasteiger partial charge in [0.1, 0.15) is 0 Å². The van der Waals surface area contributed by atoms with Gasteiger partial charge in [0.15, 0.2) is 5.11 Å². The summed E-state index contributed by atoms with van der Waals surface area (Å²) in [5.41, 5.74) is 0. The number of hydrogen-bond donors (Lipinski definition) is 2. The highest BCUT2D eigenvalue weighted by molar-refractivity contribution is 7.80. The normalized spacial score (nSPS) is 25.2. The van der Waals surface area contributed by atoms with E-state index in [1.165, 1.54) is 0 Å². The smallest absolute Gasteiger partial charge is 0.166 e. The van der Waals surface area contributed by atoms with E-state index >= 15 is 0 Å². The summed E-state index contributed by atoms with van der Waals surface area (Å²) < 4.78 is 10.4. The second-order valence-electron chi connectivity index (χ2n) is 3.72. The maximum Gasteiger partial charge on any atom is 0.166 e. The first-order valence-electron chi connectivity index (χ1n) is 5.39. The monoisotopic (exact) mass is 232 g/mol. The summed E-state index contributed by atoms with van der Waals surface area (Å²) >= 11 is 5.17. The van der Waals surface area contributed by atoms with Crippen molar-refractivity contribution in [3.05, 3.63) is 0 Å². The van der Waals surface area contributed by atoms with Crippen LogP contribution in [0.2, 0.25) is 0 Å². The first-order chi connectivity index (χ1) is 7.24. The van der Waals surface area contributed by atoms with Gasteiger partial charge in [-0.15, -0.1) is 0 Å². The van der Waals surface area contributed by atoms with Gasteiger partial charge < -0.3 is 20.1 Å². The Labute approximate surface area is 96.7 Å². The third kappa shape index (κ3) is 4.77. The van der Waals surface area contributed by atoms with Crippen molar-refractivity contribution in [3.8, 4) is 0 Å². The third-order valence-electron chi connectivity index (χ3n) is 2.50. The Morgan fingerprint density at radius 2 is 2.40 bits per heavy atom. The SMILES string of the molecule is COCCCNC(=S)NC1CCOC1C. The van der Waals surface area contributed by atoms with E-state index in [9.17, 15) is 0 Å². The van der Waals surface area contributed by atoms with Gasteiger partial charge in [0.25, 0.3) is 0 Å². The molecule has 0 radical (unpaired) electrons. The van der Waals surface area contributed by atoms with E-state index in [1.54, 1.807) is 7.11 Å². The van der Waals surface area contributed by atoms with Gasteiger partial charge in [0, 0.05) is 26.9 Å². The Kier molecular flexibility index (Phi) is 5.90. The molecule has 1 heterocycles. The van der Waals surface area contributed by atoms with Crippen molar-refractivity contribution in [1.82, 2.24) is 10.6 Å². The number of hydrogen-bond acceptors (Lipinski definition) is 3. The molecule has 2 atom stereocenters. The van der Waals surface area contributed by atoms with Gasteiger partial charge in [-0.3, -0.25) is 0 Å². The molecule has 1 saturated heterocycles. The lowest BCUT2D eigenvalue weighted by Crippen LogP contribution is -2.45. The summed E-state index contributed by atoms with van der Waals surface area (Å²) in [7, 11) is 1.70. The molecule has 0 spiro atoms. The molecule has 1 rings (SSSR count). The summed E-state index contributed by atoms with van der Waals surface area (Å²) in [5.74, 6) is 0. The highest BCUT2D eigenvalue weighted by Crippen LogP contribution is 2.11. The lowest BCUT2D eigenvalue weighted by Gasteiger charge is -2.18. The van der Waals surface area contributed by atoms with Crippen molar-refractivity contribution in [2.24, 2.45) is 0 Å². The van der Waals surface area contributed by atoms with Crippen LogP contribution in [-0.4, -0.2) is 44.1 Å². The Balaban J connectivity index is 2.07. The molecule has 4 nitrogen and oxygen atoms in total. The van der Waals surface area contributed by atoms with Crippen molar-refractivity contribution in [2.45, 2.75) is 31.9 Å². The molecule has 1 aliphatic rings. The minimum absolute atomic E-state index is 0.253. The molecule has 1 aliphatic heterocycles. The topological polar surface area (TPSA) is 42.5 Å². The van der Waals surface area contributed by atoms with Crippen LogP contribution in [0.25, 0.3) is 0 Å². The van der Waals surface area contributed by atoms with Crippen LogP contribution in [-0.2, 0) is 9.47 Å². The number of methoxy groups -OCH3 is 1. The largest absolute Gasteiger partial charge is 0.385 e. The molecular weight excluding hydrogens is 212 g/mol. The van der Waals surface area contributed by atoms with E-state index in [4.69, 9.17) is 21.7 Å². The molecule has 0 aromatic rings. The third-order valence-corrected chi connectivity index (χ3v) is 2.77. The Bertz CT molecular complexity index is 202. The van der Waals surface area contributed by atoms with Crippen molar-refractivity contribution in [1.29, 1.82) is 0 Å². The number of rotatable bonds is 5. The van der Waals surface area contributed by atoms with Gasteiger partial charge in [0.05, 0.1) is 12.1 Å². The van der Waals surface area contributed by atoms with Crippen LogP contribution in [0.1, 0.15) is 19.8 Å². The number of ether oxygens (including phenoxy) is 2. The van der Waals surface area contributed by atoms with E-state index < -0.39 is 0 Å². The van der Waals surface area contributed by atoms with Gasteiger partial charge in [-0.05, 0) is 32.0 Å². The molecule has 1 fully saturated rings. The molecule has 2 unspecified atom stereocenters. The Hall–Kier alpha value is -0.390. The standard InChI is InChI=1S/C10H20N2O2S/c1-8-9(4-7-14-8)12-10(15)11-5-3-6-13-2/h8-9H,3-7H2,1-2H3,(H2,11,12,15). The molecule has 0 saturated carbocycles. The van der Waals surface area contributed by atoms with Gasteiger partial charge in [-0.25, -0.2) is 0 Å². The van der Waals surface area contributed by atoms with E-state index in [0.717, 1.165) is 32.6 Å². The average Bonchev–Trinajstić information content (AvgIpc) is 2.59. The van der Waals surface area contributed by atoms with E-state index in [1.807, 2.05) is 0 Å². The fourth-order valence-corrected chi connectivity index (χ4v) is 1.81. The number of nitrogens with one attached hydrogen (secondary N) is 2. The fraction of sp³-hybridized carbons (Fsp3) is 0.900. The maximum absolute atomic E-state index is 5.44. The minimum atomic E-state index is 0.253. The van der Waals surface area contributed by atoms with Crippen molar-refractivity contribution in [2.75, 3.05) is 26.9 Å². The first-order valence-corrected chi connectivity index (χ1v) is 5.79. The molecule has 0 amide bonds. The molecule has 0 aromatic heterocycles. The quantitative estimate of drug-likeness (QED) is 0.538. The molecule has 0 aliphatic carbocycles. The summed E-state index contributed by atoms with van der Waals surface area (Å²) in [6.07, 6.45) is 2.25. The lowest BCUT2D eigenvalue weighted by molar-refractivity contribution is 0.116. The minimum Gasteiger partial charge on any atom is -0.385 e.